The van der Waals surface area contributed by atoms with Crippen LogP contribution in [-0.4, -0.2) is 23.9 Å². The highest BCUT2D eigenvalue weighted by atomic mass is 16.2. The van der Waals surface area contributed by atoms with E-state index in [1.807, 2.05) is 11.9 Å². The van der Waals surface area contributed by atoms with Gasteiger partial charge in [-0.3, -0.25) is 4.79 Å². The molecular weight excluding hydrogens is 150 g/mol. The van der Waals surface area contributed by atoms with E-state index in [2.05, 4.69) is 0 Å². The Bertz CT molecular complexity index is 182. The lowest BCUT2D eigenvalue weighted by Crippen LogP contribution is -2.31. The molecule has 2 heteroatoms. The predicted molar refractivity (Wildman–Crippen MR) is 47.8 cm³/mol. The van der Waals surface area contributed by atoms with Crippen LogP contribution in [0.4, 0.5) is 0 Å². The lowest BCUT2D eigenvalue weighted by atomic mass is 9.83. The Morgan fingerprint density at radius 1 is 1.33 bits per heavy atom. The molecular formula is C10H17NO. The Hall–Kier alpha value is -0.530. The maximum atomic E-state index is 11.6. The van der Waals surface area contributed by atoms with Crippen molar-refractivity contribution in [3.63, 3.8) is 0 Å². The van der Waals surface area contributed by atoms with Crippen molar-refractivity contribution in [1.82, 2.24) is 4.90 Å². The summed E-state index contributed by atoms with van der Waals surface area (Å²) in [6.07, 6.45) is 7.17. The second-order valence-electron chi connectivity index (χ2n) is 4.24. The predicted octanol–water partition coefficient (Wildman–Crippen LogP) is 1.80. The van der Waals surface area contributed by atoms with Crippen molar-refractivity contribution in [2.45, 2.75) is 44.6 Å². The molecule has 0 radical (unpaired) electrons. The van der Waals surface area contributed by atoms with Crippen molar-refractivity contribution < 1.29 is 4.79 Å². The zero-order valence-corrected chi connectivity index (χ0v) is 7.75. The van der Waals surface area contributed by atoms with Crippen LogP contribution in [0.25, 0.3) is 0 Å². The van der Waals surface area contributed by atoms with E-state index in [9.17, 15) is 4.79 Å². The molecule has 2 aliphatic rings. The van der Waals surface area contributed by atoms with Crippen LogP contribution >= 0.6 is 0 Å². The Kier molecular flexibility index (Phi) is 2.07. The second kappa shape index (κ2) is 3.08. The molecule has 0 aliphatic heterocycles. The third-order valence-corrected chi connectivity index (χ3v) is 3.18. The maximum Gasteiger partial charge on any atom is 0.222 e. The van der Waals surface area contributed by atoms with Gasteiger partial charge >= 0.3 is 0 Å². The Labute approximate surface area is 73.9 Å². The molecule has 2 saturated carbocycles. The number of hydrogen-bond donors (Lipinski definition) is 0. The van der Waals surface area contributed by atoms with E-state index in [0.29, 0.717) is 11.9 Å². The van der Waals surface area contributed by atoms with Crippen molar-refractivity contribution in [3.8, 4) is 0 Å². The van der Waals surface area contributed by atoms with Crippen LogP contribution < -0.4 is 0 Å². The molecule has 0 atom stereocenters. The van der Waals surface area contributed by atoms with Gasteiger partial charge in [-0.25, -0.2) is 0 Å². The van der Waals surface area contributed by atoms with Gasteiger partial charge in [0, 0.05) is 19.5 Å². The average Bonchev–Trinajstić information content (AvgIpc) is 2.77. The molecule has 1 amide bonds. The van der Waals surface area contributed by atoms with Gasteiger partial charge in [-0.15, -0.1) is 0 Å². The largest absolute Gasteiger partial charge is 0.343 e. The highest BCUT2D eigenvalue weighted by Crippen LogP contribution is 2.32. The number of rotatable bonds is 3. The van der Waals surface area contributed by atoms with Gasteiger partial charge in [0.05, 0.1) is 0 Å². The van der Waals surface area contributed by atoms with Crippen LogP contribution in [-0.2, 0) is 4.79 Å². The summed E-state index contributed by atoms with van der Waals surface area (Å²) in [5.74, 6) is 1.10. The molecule has 12 heavy (non-hydrogen) atoms. The number of carbonyl (C=O) groups is 1. The lowest BCUT2D eigenvalue weighted by molar-refractivity contribution is -0.132. The fourth-order valence-corrected chi connectivity index (χ4v) is 1.75. The van der Waals surface area contributed by atoms with Gasteiger partial charge < -0.3 is 4.90 Å². The molecule has 0 saturated heterocycles. The molecule has 2 aliphatic carbocycles. The quantitative estimate of drug-likeness (QED) is 0.627. The van der Waals surface area contributed by atoms with Gasteiger partial charge in [-0.2, -0.15) is 0 Å². The average molecular weight is 167 g/mol. The van der Waals surface area contributed by atoms with Gasteiger partial charge in [0.2, 0.25) is 5.91 Å². The molecule has 2 fully saturated rings. The van der Waals surface area contributed by atoms with E-state index in [4.69, 9.17) is 0 Å². The smallest absolute Gasteiger partial charge is 0.222 e. The first-order chi connectivity index (χ1) is 5.77. The van der Waals surface area contributed by atoms with Crippen LogP contribution in [0.3, 0.4) is 0 Å². The van der Waals surface area contributed by atoms with E-state index in [1.165, 1.54) is 32.1 Å². The minimum atomic E-state index is 0.377. The molecule has 0 aromatic carbocycles. The Balaban J connectivity index is 1.74. The highest BCUT2D eigenvalue weighted by molar-refractivity contribution is 5.76. The number of nitrogens with zero attached hydrogens (tertiary/aromatic N) is 1. The normalized spacial score (nSPS) is 23.4. The molecule has 0 N–H and O–H groups in total. The number of hydrogen-bond acceptors (Lipinski definition) is 1. The summed E-state index contributed by atoms with van der Waals surface area (Å²) in [4.78, 5) is 13.5. The van der Waals surface area contributed by atoms with E-state index in [0.717, 1.165) is 12.3 Å². The third-order valence-electron chi connectivity index (χ3n) is 3.18. The molecule has 2 rings (SSSR count). The summed E-state index contributed by atoms with van der Waals surface area (Å²) >= 11 is 0. The van der Waals surface area contributed by atoms with E-state index in [-0.39, 0.29) is 0 Å². The van der Waals surface area contributed by atoms with Crippen molar-refractivity contribution in [3.05, 3.63) is 0 Å². The zero-order chi connectivity index (χ0) is 8.55. The summed E-state index contributed by atoms with van der Waals surface area (Å²) in [6, 6.07) is 0.595. The molecule has 0 unspecified atom stereocenters. The Morgan fingerprint density at radius 2 is 2.00 bits per heavy atom. The summed E-state index contributed by atoms with van der Waals surface area (Å²) in [6.45, 7) is 0. The minimum absolute atomic E-state index is 0.377. The van der Waals surface area contributed by atoms with E-state index >= 15 is 0 Å². The molecule has 2 nitrogen and oxygen atoms in total. The van der Waals surface area contributed by atoms with Crippen LogP contribution in [0.2, 0.25) is 0 Å². The number of carbonyl (C=O) groups excluding carboxylic acids is 1. The Morgan fingerprint density at radius 3 is 2.42 bits per heavy atom. The summed E-state index contributed by atoms with van der Waals surface area (Å²) in [5, 5.41) is 0. The first-order valence-electron chi connectivity index (χ1n) is 5.03. The molecule has 0 aromatic heterocycles. The van der Waals surface area contributed by atoms with Gasteiger partial charge in [0.25, 0.3) is 0 Å². The van der Waals surface area contributed by atoms with Crippen molar-refractivity contribution in [2.75, 3.05) is 7.05 Å². The van der Waals surface area contributed by atoms with Crippen LogP contribution in [0.15, 0.2) is 0 Å². The summed E-state index contributed by atoms with van der Waals surface area (Å²) < 4.78 is 0. The molecule has 0 heterocycles. The molecule has 0 bridgehead atoms. The topological polar surface area (TPSA) is 20.3 Å². The maximum absolute atomic E-state index is 11.6. The van der Waals surface area contributed by atoms with E-state index < -0.39 is 0 Å². The van der Waals surface area contributed by atoms with Crippen molar-refractivity contribution in [1.29, 1.82) is 0 Å². The van der Waals surface area contributed by atoms with Crippen molar-refractivity contribution >= 4 is 5.91 Å². The minimum Gasteiger partial charge on any atom is -0.343 e. The van der Waals surface area contributed by atoms with Crippen LogP contribution in [0, 0.1) is 5.92 Å². The fourth-order valence-electron chi connectivity index (χ4n) is 1.75. The first-order valence-corrected chi connectivity index (χ1v) is 5.03. The van der Waals surface area contributed by atoms with Gasteiger partial charge in [-0.1, -0.05) is 6.42 Å². The lowest BCUT2D eigenvalue weighted by Gasteiger charge is -2.27. The van der Waals surface area contributed by atoms with E-state index in [1.54, 1.807) is 0 Å². The monoisotopic (exact) mass is 167 g/mol. The number of amides is 1. The van der Waals surface area contributed by atoms with Crippen LogP contribution in [0.1, 0.15) is 38.5 Å². The first kappa shape index (κ1) is 8.09. The van der Waals surface area contributed by atoms with Gasteiger partial charge in [0.15, 0.2) is 0 Å². The van der Waals surface area contributed by atoms with Gasteiger partial charge in [0.1, 0.15) is 0 Å². The summed E-state index contributed by atoms with van der Waals surface area (Å²) in [7, 11) is 1.96. The second-order valence-corrected chi connectivity index (χ2v) is 4.24. The van der Waals surface area contributed by atoms with Crippen LogP contribution in [0.5, 0.6) is 0 Å². The standard InChI is InChI=1S/C10H17NO/c1-11(9-5-6-9)10(12)7-8-3-2-4-8/h8-9H,2-7H2,1H3. The van der Waals surface area contributed by atoms with Gasteiger partial charge in [-0.05, 0) is 31.6 Å². The summed E-state index contributed by atoms with van der Waals surface area (Å²) in [5.41, 5.74) is 0. The zero-order valence-electron chi connectivity index (χ0n) is 7.75. The molecule has 0 spiro atoms. The molecule has 68 valence electrons. The molecule has 0 aromatic rings. The highest BCUT2D eigenvalue weighted by Gasteiger charge is 2.31. The fraction of sp³-hybridized carbons (Fsp3) is 0.900. The third kappa shape index (κ3) is 1.62. The SMILES string of the molecule is CN(C(=O)CC1CCC1)C1CC1. The van der Waals surface area contributed by atoms with Crippen molar-refractivity contribution in [2.24, 2.45) is 5.92 Å².